The molecular weight excluding hydrogens is 647 g/mol. The number of quaternary nitrogens is 1. The van der Waals surface area contributed by atoms with Gasteiger partial charge in [0.2, 0.25) is 5.91 Å². The third-order valence-electron chi connectivity index (χ3n) is 9.20. The molecule has 0 aromatic carbocycles. The summed E-state index contributed by atoms with van der Waals surface area (Å²) in [5.41, 5.74) is 0. The lowest BCUT2D eigenvalue weighted by Crippen LogP contribution is -2.46. The van der Waals surface area contributed by atoms with E-state index in [-0.39, 0.29) is 19.1 Å². The van der Waals surface area contributed by atoms with Crippen LogP contribution in [-0.2, 0) is 18.4 Å². The van der Waals surface area contributed by atoms with Crippen molar-refractivity contribution in [1.82, 2.24) is 5.32 Å². The maximum Gasteiger partial charge on any atom is 0.472 e. The van der Waals surface area contributed by atoms with Crippen LogP contribution in [0, 0.1) is 0 Å². The molecule has 3 N–H and O–H groups in total. The molecule has 0 aliphatic heterocycles. The van der Waals surface area contributed by atoms with E-state index in [2.05, 4.69) is 43.5 Å². The molecule has 296 valence electrons. The number of unbranched alkanes of at least 4 members (excludes halogenated alkanes) is 20. The second-order valence-electron chi connectivity index (χ2n) is 15.4. The number of rotatable bonds is 37. The van der Waals surface area contributed by atoms with Crippen molar-refractivity contribution >= 4 is 13.7 Å². The normalized spacial score (nSPS) is 14.8. The third-order valence-corrected chi connectivity index (χ3v) is 10.2. The van der Waals surface area contributed by atoms with Crippen molar-refractivity contribution in [2.24, 2.45) is 0 Å². The summed E-state index contributed by atoms with van der Waals surface area (Å²) >= 11 is 0. The SMILES string of the molecule is CCCCCCC/C=C\C/C=C\CCCCCCCCCCCC(=O)NC(COP(=O)(O)OCC[N+](C)(C)C)C(O)CCCCCCCCC. The van der Waals surface area contributed by atoms with E-state index in [0.29, 0.717) is 23.9 Å². The van der Waals surface area contributed by atoms with E-state index < -0.39 is 20.0 Å². The first-order valence-corrected chi connectivity index (χ1v) is 22.2. The number of carbonyl (C=O) groups is 1. The molecule has 3 atom stereocenters. The van der Waals surface area contributed by atoms with Gasteiger partial charge < -0.3 is 19.8 Å². The summed E-state index contributed by atoms with van der Waals surface area (Å²) in [6, 6.07) is -0.757. The summed E-state index contributed by atoms with van der Waals surface area (Å²) in [6.07, 6.45) is 37.9. The molecule has 1 amide bonds. The van der Waals surface area contributed by atoms with E-state index in [9.17, 15) is 19.4 Å². The molecule has 0 aromatic heterocycles. The molecule has 0 saturated heterocycles. The van der Waals surface area contributed by atoms with E-state index in [1.165, 1.54) is 109 Å². The van der Waals surface area contributed by atoms with Crippen LogP contribution in [0.5, 0.6) is 0 Å². The zero-order valence-corrected chi connectivity index (χ0v) is 34.3. The van der Waals surface area contributed by atoms with Crippen LogP contribution in [0.4, 0.5) is 0 Å². The quantitative estimate of drug-likeness (QED) is 0.0254. The summed E-state index contributed by atoms with van der Waals surface area (Å²) in [7, 11) is 1.61. The van der Waals surface area contributed by atoms with E-state index in [1.807, 2.05) is 21.1 Å². The number of phosphoric ester groups is 1. The van der Waals surface area contributed by atoms with E-state index in [1.54, 1.807) is 0 Å². The van der Waals surface area contributed by atoms with Crippen LogP contribution in [0.15, 0.2) is 24.3 Å². The Hall–Kier alpha value is -1.02. The molecule has 0 aromatic rings. The maximum absolute atomic E-state index is 12.8. The minimum atomic E-state index is -4.30. The molecule has 0 aliphatic rings. The Morgan fingerprint density at radius 3 is 1.64 bits per heavy atom. The van der Waals surface area contributed by atoms with Gasteiger partial charge in [0.05, 0.1) is 39.9 Å². The van der Waals surface area contributed by atoms with Gasteiger partial charge in [-0.3, -0.25) is 13.8 Å². The van der Waals surface area contributed by atoms with Crippen LogP contribution in [0.1, 0.15) is 181 Å². The van der Waals surface area contributed by atoms with Crippen molar-refractivity contribution in [2.45, 2.75) is 193 Å². The second-order valence-corrected chi connectivity index (χ2v) is 16.8. The number of nitrogens with zero attached hydrogens (tertiary/aromatic N) is 1. The fourth-order valence-electron chi connectivity index (χ4n) is 5.84. The first kappa shape index (κ1) is 49.0. The minimum absolute atomic E-state index is 0.0735. The molecule has 0 spiro atoms. The van der Waals surface area contributed by atoms with Crippen molar-refractivity contribution in [1.29, 1.82) is 0 Å². The minimum Gasteiger partial charge on any atom is -0.391 e. The number of allylic oxidation sites excluding steroid dienone is 4. The Labute approximate surface area is 309 Å². The van der Waals surface area contributed by atoms with Gasteiger partial charge in [0.25, 0.3) is 0 Å². The van der Waals surface area contributed by atoms with Crippen LogP contribution in [0.3, 0.4) is 0 Å². The summed E-state index contributed by atoms with van der Waals surface area (Å²) < 4.78 is 23.5. The Morgan fingerprint density at radius 1 is 0.680 bits per heavy atom. The van der Waals surface area contributed by atoms with Crippen molar-refractivity contribution in [2.75, 3.05) is 40.9 Å². The summed E-state index contributed by atoms with van der Waals surface area (Å²) in [4.78, 5) is 23.0. The second kappa shape index (κ2) is 33.8. The summed E-state index contributed by atoms with van der Waals surface area (Å²) in [6.45, 7) is 4.81. The van der Waals surface area contributed by atoms with Gasteiger partial charge in [0, 0.05) is 6.42 Å². The fourth-order valence-corrected chi connectivity index (χ4v) is 6.57. The highest BCUT2D eigenvalue weighted by atomic mass is 31.2. The lowest BCUT2D eigenvalue weighted by molar-refractivity contribution is -0.870. The number of aliphatic hydroxyl groups excluding tert-OH is 1. The molecule has 0 saturated carbocycles. The molecule has 0 radical (unpaired) electrons. The van der Waals surface area contributed by atoms with Gasteiger partial charge in [0.1, 0.15) is 13.2 Å². The van der Waals surface area contributed by atoms with Crippen molar-refractivity contribution in [3.63, 3.8) is 0 Å². The number of phosphoric acid groups is 1. The van der Waals surface area contributed by atoms with Crippen LogP contribution in [0.25, 0.3) is 0 Å². The van der Waals surface area contributed by atoms with Gasteiger partial charge in [-0.2, -0.15) is 0 Å². The highest BCUT2D eigenvalue weighted by molar-refractivity contribution is 7.47. The number of hydrogen-bond donors (Lipinski definition) is 3. The lowest BCUT2D eigenvalue weighted by Gasteiger charge is -2.26. The van der Waals surface area contributed by atoms with Gasteiger partial charge in [-0.15, -0.1) is 0 Å². The number of hydrogen-bond acceptors (Lipinski definition) is 5. The first-order valence-electron chi connectivity index (χ1n) is 20.7. The predicted octanol–water partition coefficient (Wildman–Crippen LogP) is 11.0. The zero-order valence-electron chi connectivity index (χ0n) is 33.4. The number of aliphatic hydroxyl groups is 1. The highest BCUT2D eigenvalue weighted by Crippen LogP contribution is 2.43. The fraction of sp³-hybridized carbons (Fsp3) is 0.878. The first-order chi connectivity index (χ1) is 24.0. The summed E-state index contributed by atoms with van der Waals surface area (Å²) in [5.74, 6) is -0.154. The van der Waals surface area contributed by atoms with Crippen LogP contribution >= 0.6 is 7.82 Å². The molecule has 8 nitrogen and oxygen atoms in total. The number of nitrogens with one attached hydrogen (secondary N) is 1. The van der Waals surface area contributed by atoms with Crippen LogP contribution in [-0.4, -0.2) is 73.4 Å². The monoisotopic (exact) mass is 730 g/mol. The van der Waals surface area contributed by atoms with Gasteiger partial charge >= 0.3 is 7.82 Å². The predicted molar refractivity (Wildman–Crippen MR) is 212 cm³/mol. The highest BCUT2D eigenvalue weighted by Gasteiger charge is 2.28. The zero-order chi connectivity index (χ0) is 37.2. The topological polar surface area (TPSA) is 105 Å². The van der Waals surface area contributed by atoms with E-state index in [0.717, 1.165) is 44.9 Å². The van der Waals surface area contributed by atoms with Crippen LogP contribution in [0.2, 0.25) is 0 Å². The van der Waals surface area contributed by atoms with Crippen LogP contribution < -0.4 is 5.32 Å². The molecule has 0 bridgehead atoms. The average molecular weight is 730 g/mol. The summed E-state index contributed by atoms with van der Waals surface area (Å²) in [5, 5.41) is 13.8. The molecule has 0 aliphatic carbocycles. The Kier molecular flexibility index (Phi) is 33.1. The van der Waals surface area contributed by atoms with Gasteiger partial charge in [-0.25, -0.2) is 4.57 Å². The molecule has 50 heavy (non-hydrogen) atoms. The van der Waals surface area contributed by atoms with E-state index in [4.69, 9.17) is 9.05 Å². The standard InChI is InChI=1S/C41H81N2O6P/c1-6-8-10-12-14-15-16-17-18-19-20-21-22-23-24-25-26-27-29-31-33-35-41(45)42-39(40(44)34-32-30-28-13-11-9-7-2)38-49-50(46,47)48-37-36-43(3,4)5/h16-17,19-20,39-40,44H,6-15,18,21-38H2,1-5H3,(H-,42,45,46,47)/p+1/b17-16-,20-19-. The van der Waals surface area contributed by atoms with Gasteiger partial charge in [-0.1, -0.05) is 154 Å². The average Bonchev–Trinajstić information content (AvgIpc) is 3.06. The Bertz CT molecular complexity index is 876. The largest absolute Gasteiger partial charge is 0.472 e. The van der Waals surface area contributed by atoms with Crippen molar-refractivity contribution in [3.8, 4) is 0 Å². The van der Waals surface area contributed by atoms with Gasteiger partial charge in [-0.05, 0) is 44.9 Å². The third kappa shape index (κ3) is 35.4. The van der Waals surface area contributed by atoms with E-state index >= 15 is 0 Å². The maximum atomic E-state index is 12.8. The number of amides is 1. The number of likely N-dealkylation sites (N-methyl/N-ethyl adjacent to an activating group) is 1. The van der Waals surface area contributed by atoms with Crippen molar-refractivity contribution < 1.29 is 32.9 Å². The molecule has 3 unspecified atom stereocenters. The number of carbonyl (C=O) groups excluding carboxylic acids is 1. The Morgan fingerprint density at radius 2 is 1.14 bits per heavy atom. The Balaban J connectivity index is 4.20. The molecule has 9 heteroatoms. The molecule has 0 rings (SSSR count). The smallest absolute Gasteiger partial charge is 0.391 e. The lowest BCUT2D eigenvalue weighted by atomic mass is 10.0. The molecule has 0 heterocycles. The van der Waals surface area contributed by atoms with Gasteiger partial charge in [0.15, 0.2) is 0 Å². The molecular formula is C41H82N2O6P+. The molecule has 0 fully saturated rings. The van der Waals surface area contributed by atoms with Crippen molar-refractivity contribution in [3.05, 3.63) is 24.3 Å².